The molecule has 2 aromatic rings. The van der Waals surface area contributed by atoms with Crippen LogP contribution in [0, 0.1) is 11.3 Å². The first-order valence-electron chi connectivity index (χ1n) is 6.06. The maximum absolute atomic E-state index is 11.9. The number of nitrogens with one attached hydrogen (secondary N) is 1. The van der Waals surface area contributed by atoms with Gasteiger partial charge in [-0.25, -0.2) is 0 Å². The van der Waals surface area contributed by atoms with Crippen molar-refractivity contribution in [3.05, 3.63) is 57.0 Å². The minimum Gasteiger partial charge on any atom is -0.484 e. The van der Waals surface area contributed by atoms with Crippen LogP contribution >= 0.6 is 34.8 Å². The SMILES string of the molecule is N#Cc1ccc(Cl)cc1NC(=O)COc1cc(Cl)cc(Cl)c1. The number of hydrogen-bond acceptors (Lipinski definition) is 3. The molecule has 0 aliphatic carbocycles. The zero-order chi connectivity index (χ0) is 16.1. The number of nitrogens with zero attached hydrogens (tertiary/aromatic N) is 1. The lowest BCUT2D eigenvalue weighted by Crippen LogP contribution is -2.20. The average Bonchev–Trinajstić information content (AvgIpc) is 2.44. The molecule has 0 bridgehead atoms. The molecule has 2 aromatic carbocycles. The number of hydrogen-bond donors (Lipinski definition) is 1. The maximum Gasteiger partial charge on any atom is 0.262 e. The molecule has 0 spiro atoms. The minimum atomic E-state index is -0.435. The fourth-order valence-corrected chi connectivity index (χ4v) is 2.34. The standard InChI is InChI=1S/C15H9Cl3N2O2/c16-10-2-1-9(7-19)14(6-10)20-15(21)8-22-13-4-11(17)3-12(18)5-13/h1-6H,8H2,(H,20,21). The summed E-state index contributed by atoms with van der Waals surface area (Å²) in [4.78, 5) is 11.9. The predicted octanol–water partition coefficient (Wildman–Crippen LogP) is 4.54. The van der Waals surface area contributed by atoms with E-state index < -0.39 is 5.91 Å². The van der Waals surface area contributed by atoms with Crippen molar-refractivity contribution in [2.75, 3.05) is 11.9 Å². The average molecular weight is 356 g/mol. The van der Waals surface area contributed by atoms with E-state index in [1.165, 1.54) is 12.1 Å². The van der Waals surface area contributed by atoms with E-state index in [1.54, 1.807) is 24.3 Å². The Morgan fingerprint density at radius 2 is 1.77 bits per heavy atom. The van der Waals surface area contributed by atoms with Gasteiger partial charge in [0.25, 0.3) is 5.91 Å². The third-order valence-electron chi connectivity index (χ3n) is 2.58. The second-order valence-electron chi connectivity index (χ2n) is 4.24. The lowest BCUT2D eigenvalue weighted by molar-refractivity contribution is -0.118. The normalized spacial score (nSPS) is 9.91. The van der Waals surface area contributed by atoms with Crippen LogP contribution in [0.25, 0.3) is 0 Å². The largest absolute Gasteiger partial charge is 0.484 e. The minimum absolute atomic E-state index is 0.256. The molecular formula is C15H9Cl3N2O2. The van der Waals surface area contributed by atoms with Crippen molar-refractivity contribution < 1.29 is 9.53 Å². The number of benzene rings is 2. The molecule has 0 aromatic heterocycles. The fraction of sp³-hybridized carbons (Fsp3) is 0.0667. The Kier molecular flexibility index (Phi) is 5.51. The van der Waals surface area contributed by atoms with E-state index in [0.29, 0.717) is 32.1 Å². The van der Waals surface area contributed by atoms with Crippen LogP contribution in [0.1, 0.15) is 5.56 Å². The zero-order valence-corrected chi connectivity index (χ0v) is 13.3. The highest BCUT2D eigenvalue weighted by Crippen LogP contribution is 2.24. The van der Waals surface area contributed by atoms with Gasteiger partial charge in [-0.1, -0.05) is 34.8 Å². The van der Waals surface area contributed by atoms with E-state index in [9.17, 15) is 4.79 Å². The van der Waals surface area contributed by atoms with Crippen molar-refractivity contribution in [1.29, 1.82) is 5.26 Å². The van der Waals surface area contributed by atoms with Crippen LogP contribution < -0.4 is 10.1 Å². The number of carbonyl (C=O) groups excluding carboxylic acids is 1. The van der Waals surface area contributed by atoms with E-state index in [0.717, 1.165) is 0 Å². The van der Waals surface area contributed by atoms with Crippen molar-refractivity contribution in [3.8, 4) is 11.8 Å². The van der Waals surface area contributed by atoms with Crippen LogP contribution in [0.15, 0.2) is 36.4 Å². The highest BCUT2D eigenvalue weighted by Gasteiger charge is 2.09. The number of halogens is 3. The first-order chi connectivity index (χ1) is 10.5. The van der Waals surface area contributed by atoms with Gasteiger partial charge in [-0.3, -0.25) is 4.79 Å². The van der Waals surface area contributed by atoms with Gasteiger partial charge in [-0.15, -0.1) is 0 Å². The van der Waals surface area contributed by atoms with Gasteiger partial charge >= 0.3 is 0 Å². The third-order valence-corrected chi connectivity index (χ3v) is 3.25. The third kappa shape index (κ3) is 4.54. The van der Waals surface area contributed by atoms with Gasteiger partial charge < -0.3 is 10.1 Å². The molecule has 1 amide bonds. The van der Waals surface area contributed by atoms with E-state index >= 15 is 0 Å². The summed E-state index contributed by atoms with van der Waals surface area (Å²) in [5, 5.41) is 12.8. The van der Waals surface area contributed by atoms with Crippen molar-refractivity contribution in [2.45, 2.75) is 0 Å². The van der Waals surface area contributed by atoms with E-state index in [-0.39, 0.29) is 6.61 Å². The molecule has 1 N–H and O–H groups in total. The number of amides is 1. The number of anilines is 1. The Labute approximate surface area is 142 Å². The van der Waals surface area contributed by atoms with Crippen LogP contribution in [0.2, 0.25) is 15.1 Å². The lowest BCUT2D eigenvalue weighted by atomic mass is 10.2. The molecule has 0 saturated carbocycles. The van der Waals surface area contributed by atoms with Crippen molar-refractivity contribution in [1.82, 2.24) is 0 Å². The Bertz CT molecular complexity index is 737. The molecule has 7 heteroatoms. The quantitative estimate of drug-likeness (QED) is 0.876. The van der Waals surface area contributed by atoms with Crippen molar-refractivity contribution in [2.24, 2.45) is 0 Å². The van der Waals surface area contributed by atoms with Crippen LogP contribution in [0.3, 0.4) is 0 Å². The molecule has 22 heavy (non-hydrogen) atoms. The molecule has 0 aliphatic rings. The van der Waals surface area contributed by atoms with Gasteiger partial charge in [0.1, 0.15) is 11.8 Å². The number of carbonyl (C=O) groups is 1. The van der Waals surface area contributed by atoms with Crippen LogP contribution in [0.5, 0.6) is 5.75 Å². The van der Waals surface area contributed by atoms with Crippen molar-refractivity contribution >= 4 is 46.4 Å². The molecule has 0 aliphatic heterocycles. The monoisotopic (exact) mass is 354 g/mol. The van der Waals surface area contributed by atoms with Crippen LogP contribution in [-0.4, -0.2) is 12.5 Å². The zero-order valence-electron chi connectivity index (χ0n) is 11.1. The summed E-state index contributed by atoms with van der Waals surface area (Å²) in [5.41, 5.74) is 0.635. The van der Waals surface area contributed by atoms with Gasteiger partial charge in [0, 0.05) is 15.1 Å². The fourth-order valence-electron chi connectivity index (χ4n) is 1.66. The topological polar surface area (TPSA) is 62.1 Å². The molecular weight excluding hydrogens is 347 g/mol. The van der Waals surface area contributed by atoms with Crippen molar-refractivity contribution in [3.63, 3.8) is 0 Å². The van der Waals surface area contributed by atoms with E-state index in [2.05, 4.69) is 5.32 Å². The summed E-state index contributed by atoms with van der Waals surface area (Å²) in [5.74, 6) is -0.0610. The number of ether oxygens (including phenoxy) is 1. The molecule has 112 valence electrons. The molecule has 0 saturated heterocycles. The lowest BCUT2D eigenvalue weighted by Gasteiger charge is -2.09. The summed E-state index contributed by atoms with van der Waals surface area (Å²) in [6.07, 6.45) is 0. The molecule has 4 nitrogen and oxygen atoms in total. The molecule has 0 fully saturated rings. The Balaban J connectivity index is 2.02. The Morgan fingerprint density at radius 1 is 1.09 bits per heavy atom. The van der Waals surface area contributed by atoms with Crippen LogP contribution in [-0.2, 0) is 4.79 Å². The highest BCUT2D eigenvalue weighted by molar-refractivity contribution is 6.34. The van der Waals surface area contributed by atoms with E-state index in [4.69, 9.17) is 44.8 Å². The molecule has 0 atom stereocenters. The predicted molar refractivity (Wildman–Crippen MR) is 86.8 cm³/mol. The van der Waals surface area contributed by atoms with Crippen LogP contribution in [0.4, 0.5) is 5.69 Å². The molecule has 2 rings (SSSR count). The summed E-state index contributed by atoms with van der Waals surface area (Å²) < 4.78 is 5.31. The Morgan fingerprint density at radius 3 is 2.41 bits per heavy atom. The summed E-state index contributed by atoms with van der Waals surface area (Å²) >= 11 is 17.5. The van der Waals surface area contributed by atoms with Gasteiger partial charge in [0.05, 0.1) is 11.3 Å². The van der Waals surface area contributed by atoms with Gasteiger partial charge in [0.2, 0.25) is 0 Å². The highest BCUT2D eigenvalue weighted by atomic mass is 35.5. The molecule has 0 unspecified atom stereocenters. The molecule has 0 radical (unpaired) electrons. The van der Waals surface area contributed by atoms with Gasteiger partial charge in [0.15, 0.2) is 6.61 Å². The molecule has 0 heterocycles. The first-order valence-corrected chi connectivity index (χ1v) is 7.20. The number of nitriles is 1. The van der Waals surface area contributed by atoms with E-state index in [1.807, 2.05) is 6.07 Å². The smallest absolute Gasteiger partial charge is 0.262 e. The Hall–Kier alpha value is -1.93. The van der Waals surface area contributed by atoms with Gasteiger partial charge in [-0.05, 0) is 36.4 Å². The maximum atomic E-state index is 11.9. The van der Waals surface area contributed by atoms with Gasteiger partial charge in [-0.2, -0.15) is 5.26 Å². The first kappa shape index (κ1) is 16.4. The summed E-state index contributed by atoms with van der Waals surface area (Å²) in [6.45, 7) is -0.256. The second kappa shape index (κ2) is 7.37. The summed E-state index contributed by atoms with van der Waals surface area (Å²) in [6, 6.07) is 11.2. The summed E-state index contributed by atoms with van der Waals surface area (Å²) in [7, 11) is 0. The number of rotatable bonds is 4. The second-order valence-corrected chi connectivity index (χ2v) is 5.55.